The van der Waals surface area contributed by atoms with Crippen molar-refractivity contribution in [2.75, 3.05) is 11.9 Å². The molecule has 0 unspecified atom stereocenters. The van der Waals surface area contributed by atoms with Crippen LogP contribution in [-0.2, 0) is 15.7 Å². The van der Waals surface area contributed by atoms with Gasteiger partial charge in [0.15, 0.2) is 12.3 Å². The standard InChI is InChI=1S/C22H20F3N5O5/c1-11(2)29-20-15(9-26-29)14(8-17(28-20)12-3-4-12)21(32)35-10-19(31)27-16-6-5-13(22(23,24)25)7-18(16)30(33)34/h5-9,11-12H,3-4,10H2,1-2H3,(H,27,31). The fourth-order valence-corrected chi connectivity index (χ4v) is 3.53. The highest BCUT2D eigenvalue weighted by molar-refractivity contribution is 6.04. The van der Waals surface area contributed by atoms with Crippen molar-refractivity contribution in [3.63, 3.8) is 0 Å². The van der Waals surface area contributed by atoms with E-state index < -0.39 is 46.5 Å². The first kappa shape index (κ1) is 24.1. The molecule has 3 aromatic rings. The van der Waals surface area contributed by atoms with Gasteiger partial charge in [-0.2, -0.15) is 18.3 Å². The molecule has 0 aliphatic heterocycles. The SMILES string of the molecule is CC(C)n1ncc2c(C(=O)OCC(=O)Nc3ccc(C(F)(F)F)cc3[N+](=O)[O-])cc(C3CC3)nc21. The van der Waals surface area contributed by atoms with Crippen LogP contribution >= 0.6 is 0 Å². The van der Waals surface area contributed by atoms with E-state index in [1.54, 1.807) is 10.7 Å². The number of nitro groups is 1. The Labute approximate surface area is 196 Å². The lowest BCUT2D eigenvalue weighted by Crippen LogP contribution is -2.22. The van der Waals surface area contributed by atoms with Crippen LogP contribution in [0.15, 0.2) is 30.5 Å². The first-order valence-electron chi connectivity index (χ1n) is 10.7. The second-order valence-electron chi connectivity index (χ2n) is 8.40. The molecular weight excluding hydrogens is 471 g/mol. The third kappa shape index (κ3) is 5.08. The highest BCUT2D eigenvalue weighted by Gasteiger charge is 2.33. The first-order valence-corrected chi connectivity index (χ1v) is 10.7. The van der Waals surface area contributed by atoms with Crippen molar-refractivity contribution < 1.29 is 32.4 Å². The number of nitrogens with one attached hydrogen (secondary N) is 1. The minimum absolute atomic E-state index is 0.0105. The van der Waals surface area contributed by atoms with Crippen molar-refractivity contribution in [2.24, 2.45) is 0 Å². The van der Waals surface area contributed by atoms with Gasteiger partial charge in [0.25, 0.3) is 11.6 Å². The minimum atomic E-state index is -4.79. The molecule has 0 bridgehead atoms. The molecule has 0 spiro atoms. The Morgan fingerprint density at radius 3 is 2.60 bits per heavy atom. The van der Waals surface area contributed by atoms with Crippen LogP contribution in [0.4, 0.5) is 24.5 Å². The van der Waals surface area contributed by atoms with Crippen molar-refractivity contribution in [3.05, 3.63) is 57.4 Å². The Morgan fingerprint density at radius 1 is 1.29 bits per heavy atom. The fraction of sp³-hybridized carbons (Fsp3) is 0.364. The lowest BCUT2D eigenvalue weighted by molar-refractivity contribution is -0.384. The second kappa shape index (κ2) is 8.96. The highest BCUT2D eigenvalue weighted by Crippen LogP contribution is 2.40. The average molecular weight is 491 g/mol. The Bertz CT molecular complexity index is 1330. The van der Waals surface area contributed by atoms with E-state index in [0.29, 0.717) is 23.2 Å². The van der Waals surface area contributed by atoms with Crippen LogP contribution in [0.25, 0.3) is 11.0 Å². The number of rotatable bonds is 7. The number of halogens is 3. The number of esters is 1. The number of benzene rings is 1. The molecule has 1 saturated carbocycles. The van der Waals surface area contributed by atoms with E-state index in [-0.39, 0.29) is 17.5 Å². The summed E-state index contributed by atoms with van der Waals surface area (Å²) >= 11 is 0. The van der Waals surface area contributed by atoms with Gasteiger partial charge in [-0.3, -0.25) is 14.9 Å². The zero-order chi connectivity index (χ0) is 25.5. The van der Waals surface area contributed by atoms with Crippen LogP contribution in [0, 0.1) is 10.1 Å². The smallest absolute Gasteiger partial charge is 0.416 e. The maximum atomic E-state index is 12.9. The molecule has 1 N–H and O–H groups in total. The van der Waals surface area contributed by atoms with Crippen LogP contribution in [0.3, 0.4) is 0 Å². The lowest BCUT2D eigenvalue weighted by Gasteiger charge is -2.11. The van der Waals surface area contributed by atoms with Gasteiger partial charge in [0.2, 0.25) is 0 Å². The molecule has 10 nitrogen and oxygen atoms in total. The zero-order valence-corrected chi connectivity index (χ0v) is 18.6. The van der Waals surface area contributed by atoms with Crippen LogP contribution in [0.5, 0.6) is 0 Å². The highest BCUT2D eigenvalue weighted by atomic mass is 19.4. The third-order valence-corrected chi connectivity index (χ3v) is 5.42. The zero-order valence-electron chi connectivity index (χ0n) is 18.6. The summed E-state index contributed by atoms with van der Waals surface area (Å²) in [5.74, 6) is -1.54. The van der Waals surface area contributed by atoms with Gasteiger partial charge in [-0.1, -0.05) is 0 Å². The summed E-state index contributed by atoms with van der Waals surface area (Å²) in [6, 6.07) is 3.29. The van der Waals surface area contributed by atoms with Crippen LogP contribution in [-0.4, -0.2) is 38.2 Å². The van der Waals surface area contributed by atoms with Crippen LogP contribution < -0.4 is 5.32 Å². The molecule has 1 fully saturated rings. The van der Waals surface area contributed by atoms with Crippen molar-refractivity contribution in [1.29, 1.82) is 0 Å². The number of anilines is 1. The van der Waals surface area contributed by atoms with E-state index in [1.165, 1.54) is 6.20 Å². The number of hydrogen-bond donors (Lipinski definition) is 1. The Hall–Kier alpha value is -4.03. The van der Waals surface area contributed by atoms with Gasteiger partial charge in [-0.25, -0.2) is 14.5 Å². The number of fused-ring (bicyclic) bond motifs is 1. The topological polar surface area (TPSA) is 129 Å². The molecule has 2 heterocycles. The van der Waals surface area contributed by atoms with Gasteiger partial charge in [0, 0.05) is 23.7 Å². The van der Waals surface area contributed by atoms with E-state index in [2.05, 4.69) is 15.4 Å². The van der Waals surface area contributed by atoms with Crippen molar-refractivity contribution in [2.45, 2.75) is 44.8 Å². The number of carbonyl (C=O) groups is 2. The molecule has 4 rings (SSSR count). The number of carbonyl (C=O) groups excluding carboxylic acids is 2. The van der Waals surface area contributed by atoms with Gasteiger partial charge >= 0.3 is 12.1 Å². The van der Waals surface area contributed by atoms with Crippen molar-refractivity contribution in [3.8, 4) is 0 Å². The average Bonchev–Trinajstić information content (AvgIpc) is 3.54. The monoisotopic (exact) mass is 491 g/mol. The molecule has 1 aliphatic carbocycles. The Kier molecular flexibility index (Phi) is 6.17. The summed E-state index contributed by atoms with van der Waals surface area (Å²) in [6.45, 7) is 3.03. The number of amides is 1. The fourth-order valence-electron chi connectivity index (χ4n) is 3.53. The van der Waals surface area contributed by atoms with Gasteiger partial charge in [-0.15, -0.1) is 0 Å². The molecule has 2 aromatic heterocycles. The molecular formula is C22H20F3N5O5. The predicted octanol–water partition coefficient (Wildman–Crippen LogP) is 4.61. The van der Waals surface area contributed by atoms with E-state index in [4.69, 9.17) is 4.74 Å². The Balaban J connectivity index is 1.51. The summed E-state index contributed by atoms with van der Waals surface area (Å²) in [5.41, 5.74) is -1.21. The van der Waals surface area contributed by atoms with E-state index >= 15 is 0 Å². The van der Waals surface area contributed by atoms with Crippen LogP contribution in [0.1, 0.15) is 60.3 Å². The summed E-state index contributed by atoms with van der Waals surface area (Å²) in [7, 11) is 0. The molecule has 1 aliphatic rings. The molecule has 35 heavy (non-hydrogen) atoms. The number of aromatic nitrogens is 3. The molecule has 1 aromatic carbocycles. The number of hydrogen-bond acceptors (Lipinski definition) is 7. The number of pyridine rings is 1. The lowest BCUT2D eigenvalue weighted by atomic mass is 10.1. The maximum absolute atomic E-state index is 12.9. The molecule has 0 saturated heterocycles. The molecule has 1 amide bonds. The third-order valence-electron chi connectivity index (χ3n) is 5.42. The van der Waals surface area contributed by atoms with E-state index in [1.807, 2.05) is 13.8 Å². The van der Waals surface area contributed by atoms with Gasteiger partial charge < -0.3 is 10.1 Å². The quantitative estimate of drug-likeness (QED) is 0.290. The summed E-state index contributed by atoms with van der Waals surface area (Å²) < 4.78 is 45.4. The molecule has 13 heteroatoms. The maximum Gasteiger partial charge on any atom is 0.416 e. The van der Waals surface area contributed by atoms with Gasteiger partial charge in [0.05, 0.1) is 27.6 Å². The summed E-state index contributed by atoms with van der Waals surface area (Å²) in [4.78, 5) is 39.9. The molecule has 0 atom stereocenters. The normalized spacial score (nSPS) is 13.8. The largest absolute Gasteiger partial charge is 0.452 e. The van der Waals surface area contributed by atoms with E-state index in [0.717, 1.165) is 24.6 Å². The second-order valence-corrected chi connectivity index (χ2v) is 8.40. The summed E-state index contributed by atoms with van der Waals surface area (Å²) in [6.07, 6.45) is -1.42. The van der Waals surface area contributed by atoms with Gasteiger partial charge in [0.1, 0.15) is 5.69 Å². The molecule has 184 valence electrons. The Morgan fingerprint density at radius 2 is 2.00 bits per heavy atom. The van der Waals surface area contributed by atoms with Crippen LogP contribution in [0.2, 0.25) is 0 Å². The number of nitrogens with zero attached hydrogens (tertiary/aromatic N) is 4. The number of ether oxygens (including phenoxy) is 1. The summed E-state index contributed by atoms with van der Waals surface area (Å²) in [5, 5.41) is 18.0. The molecule has 0 radical (unpaired) electrons. The van der Waals surface area contributed by atoms with Crippen molar-refractivity contribution >= 4 is 34.3 Å². The first-order chi connectivity index (χ1) is 16.5. The van der Waals surface area contributed by atoms with Gasteiger partial charge in [-0.05, 0) is 44.9 Å². The number of alkyl halides is 3. The van der Waals surface area contributed by atoms with E-state index in [9.17, 15) is 32.9 Å². The minimum Gasteiger partial charge on any atom is -0.452 e. The van der Waals surface area contributed by atoms with Crippen molar-refractivity contribution in [1.82, 2.24) is 14.8 Å². The number of nitro benzene ring substituents is 1. The predicted molar refractivity (Wildman–Crippen MR) is 117 cm³/mol.